The third-order valence-corrected chi connectivity index (χ3v) is 8.48. The molecule has 1 fully saturated rings. The number of aromatic nitrogens is 1. The molecule has 1 aliphatic rings. The highest BCUT2D eigenvalue weighted by atomic mass is 35.5. The fourth-order valence-electron chi connectivity index (χ4n) is 4.72. The Morgan fingerprint density at radius 3 is 2.61 bits per heavy atom. The summed E-state index contributed by atoms with van der Waals surface area (Å²) in [4.78, 5) is 29.4. The number of aromatic hydroxyl groups is 1. The zero-order valence-corrected chi connectivity index (χ0v) is 23.6. The molecule has 38 heavy (non-hydrogen) atoms. The Morgan fingerprint density at radius 1 is 1.05 bits per heavy atom. The van der Waals surface area contributed by atoms with Gasteiger partial charge in [0.1, 0.15) is 11.3 Å². The van der Waals surface area contributed by atoms with E-state index < -0.39 is 0 Å². The Labute approximate surface area is 236 Å². The van der Waals surface area contributed by atoms with Crippen molar-refractivity contribution in [2.75, 3.05) is 45.9 Å². The van der Waals surface area contributed by atoms with Crippen LogP contribution < -0.4 is 15.5 Å². The van der Waals surface area contributed by atoms with Crippen LogP contribution in [0.2, 0.25) is 10.0 Å². The van der Waals surface area contributed by atoms with Gasteiger partial charge < -0.3 is 30.4 Å². The number of nitrogens with zero attached hydrogens (tertiary/aromatic N) is 1. The standard InChI is InChI=1S/C27H34Cl2N4O4S/c28-21-3-1-18(17-22(21)29)5-10-30-12-7-24(35)33(20-8-15-37-16-9-20)14-13-31-11-6-19-2-4-23(34)25-26(19)38-27(36)32-25/h1-4,17,20,30-31,34H,5-16H2,(H,32,36). The maximum absolute atomic E-state index is 13.2. The van der Waals surface area contributed by atoms with Gasteiger partial charge in [-0.25, -0.2) is 0 Å². The van der Waals surface area contributed by atoms with Crippen LogP contribution in [0.25, 0.3) is 10.2 Å². The first-order valence-corrected chi connectivity index (χ1v) is 14.6. The van der Waals surface area contributed by atoms with Gasteiger partial charge in [-0.05, 0) is 68.1 Å². The van der Waals surface area contributed by atoms with Crippen LogP contribution in [0.4, 0.5) is 0 Å². The molecule has 4 rings (SSSR count). The second-order valence-corrected chi connectivity index (χ2v) is 11.2. The number of thiazole rings is 1. The van der Waals surface area contributed by atoms with Crippen molar-refractivity contribution in [2.24, 2.45) is 0 Å². The summed E-state index contributed by atoms with van der Waals surface area (Å²) in [5.74, 6) is 0.239. The SMILES string of the molecule is O=C(CCNCCc1ccc(Cl)c(Cl)c1)N(CCNCCc1ccc(O)c2[nH]c(=O)sc12)C1CCOCC1. The molecule has 2 heterocycles. The Hall–Kier alpha value is -2.14. The second-order valence-electron chi connectivity index (χ2n) is 9.39. The van der Waals surface area contributed by atoms with Crippen LogP contribution >= 0.6 is 34.5 Å². The fourth-order valence-corrected chi connectivity index (χ4v) is 5.94. The van der Waals surface area contributed by atoms with Crippen LogP contribution in [0.3, 0.4) is 0 Å². The molecule has 0 saturated carbocycles. The molecule has 8 nitrogen and oxygen atoms in total. The van der Waals surface area contributed by atoms with Crippen molar-refractivity contribution in [3.63, 3.8) is 0 Å². The molecule has 1 amide bonds. The number of carbonyl (C=O) groups is 1. The predicted molar refractivity (Wildman–Crippen MR) is 154 cm³/mol. The number of phenolic OH excluding ortho intramolecular Hbond substituents is 1. The van der Waals surface area contributed by atoms with Crippen molar-refractivity contribution in [3.05, 3.63) is 61.2 Å². The van der Waals surface area contributed by atoms with Gasteiger partial charge in [0.15, 0.2) is 0 Å². The number of amides is 1. The lowest BCUT2D eigenvalue weighted by Crippen LogP contribution is -2.47. The zero-order valence-electron chi connectivity index (χ0n) is 21.2. The Morgan fingerprint density at radius 2 is 1.82 bits per heavy atom. The largest absolute Gasteiger partial charge is 0.506 e. The van der Waals surface area contributed by atoms with E-state index in [9.17, 15) is 14.7 Å². The lowest BCUT2D eigenvalue weighted by atomic mass is 10.1. The fraction of sp³-hybridized carbons (Fsp3) is 0.481. The van der Waals surface area contributed by atoms with Gasteiger partial charge in [0.2, 0.25) is 5.91 Å². The molecule has 0 atom stereocenters. The molecule has 1 aromatic heterocycles. The highest BCUT2D eigenvalue weighted by Gasteiger charge is 2.25. The molecule has 2 aromatic carbocycles. The van der Waals surface area contributed by atoms with E-state index in [1.54, 1.807) is 12.1 Å². The van der Waals surface area contributed by atoms with Gasteiger partial charge in [-0.3, -0.25) is 9.59 Å². The Kier molecular flexibility index (Phi) is 10.9. The summed E-state index contributed by atoms with van der Waals surface area (Å²) in [6.07, 6.45) is 3.68. The van der Waals surface area contributed by atoms with E-state index in [0.29, 0.717) is 61.4 Å². The number of H-pyrrole nitrogens is 1. The smallest absolute Gasteiger partial charge is 0.305 e. The molecule has 0 radical (unpaired) electrons. The number of aromatic amines is 1. The first kappa shape index (κ1) is 28.9. The number of hydrogen-bond donors (Lipinski definition) is 4. The van der Waals surface area contributed by atoms with Gasteiger partial charge in [-0.1, -0.05) is 46.7 Å². The number of ether oxygens (including phenoxy) is 1. The Bertz CT molecular complexity index is 1280. The van der Waals surface area contributed by atoms with Crippen LogP contribution in [-0.4, -0.2) is 72.9 Å². The summed E-state index contributed by atoms with van der Waals surface area (Å²) in [7, 11) is 0. The zero-order chi connectivity index (χ0) is 26.9. The number of benzene rings is 2. The van der Waals surface area contributed by atoms with Crippen LogP contribution in [-0.2, 0) is 22.4 Å². The summed E-state index contributed by atoms with van der Waals surface area (Å²) in [5, 5.41) is 17.9. The van der Waals surface area contributed by atoms with Crippen molar-refractivity contribution in [3.8, 4) is 5.75 Å². The number of fused-ring (bicyclic) bond motifs is 1. The van der Waals surface area contributed by atoms with Gasteiger partial charge >= 0.3 is 4.87 Å². The number of halogens is 2. The van der Waals surface area contributed by atoms with Crippen LogP contribution in [0.15, 0.2) is 35.1 Å². The molecule has 0 unspecified atom stereocenters. The number of hydrogen-bond acceptors (Lipinski definition) is 7. The van der Waals surface area contributed by atoms with Crippen molar-refractivity contribution in [1.29, 1.82) is 0 Å². The molecule has 0 aliphatic carbocycles. The summed E-state index contributed by atoms with van der Waals surface area (Å²) in [6, 6.07) is 9.31. The first-order valence-electron chi connectivity index (χ1n) is 13.0. The lowest BCUT2D eigenvalue weighted by Gasteiger charge is -2.34. The van der Waals surface area contributed by atoms with Crippen LogP contribution in [0.5, 0.6) is 5.75 Å². The lowest BCUT2D eigenvalue weighted by molar-refractivity contribution is -0.135. The summed E-state index contributed by atoms with van der Waals surface area (Å²) < 4.78 is 6.31. The number of phenols is 1. The van der Waals surface area contributed by atoms with E-state index in [0.717, 1.165) is 59.4 Å². The van der Waals surface area contributed by atoms with E-state index >= 15 is 0 Å². The first-order chi connectivity index (χ1) is 18.4. The average molecular weight is 582 g/mol. The summed E-state index contributed by atoms with van der Waals surface area (Å²) >= 11 is 13.2. The van der Waals surface area contributed by atoms with Gasteiger partial charge in [0, 0.05) is 45.3 Å². The van der Waals surface area contributed by atoms with Gasteiger partial charge in [-0.15, -0.1) is 0 Å². The maximum atomic E-state index is 13.2. The van der Waals surface area contributed by atoms with Crippen molar-refractivity contribution >= 4 is 50.7 Å². The topological polar surface area (TPSA) is 107 Å². The normalized spacial score (nSPS) is 14.3. The van der Waals surface area contributed by atoms with Crippen LogP contribution in [0.1, 0.15) is 30.4 Å². The van der Waals surface area contributed by atoms with E-state index in [1.807, 2.05) is 23.1 Å². The van der Waals surface area contributed by atoms with Crippen molar-refractivity contribution < 1.29 is 14.6 Å². The molecule has 3 aromatic rings. The molecule has 0 spiro atoms. The highest BCUT2D eigenvalue weighted by Crippen LogP contribution is 2.28. The van der Waals surface area contributed by atoms with Gasteiger partial charge in [0.25, 0.3) is 0 Å². The van der Waals surface area contributed by atoms with E-state index in [-0.39, 0.29) is 22.6 Å². The molecule has 11 heteroatoms. The molecule has 1 saturated heterocycles. The predicted octanol–water partition coefficient (Wildman–Crippen LogP) is 3.96. The number of nitrogens with one attached hydrogen (secondary N) is 3. The average Bonchev–Trinajstić information content (AvgIpc) is 3.32. The molecular weight excluding hydrogens is 547 g/mol. The molecular formula is C27H34Cl2N4O4S. The molecule has 0 bridgehead atoms. The van der Waals surface area contributed by atoms with E-state index in [2.05, 4.69) is 15.6 Å². The van der Waals surface area contributed by atoms with Crippen molar-refractivity contribution in [1.82, 2.24) is 20.5 Å². The van der Waals surface area contributed by atoms with E-state index in [1.165, 1.54) is 0 Å². The van der Waals surface area contributed by atoms with Crippen molar-refractivity contribution in [2.45, 2.75) is 38.1 Å². The van der Waals surface area contributed by atoms with Gasteiger partial charge in [-0.2, -0.15) is 0 Å². The Balaban J connectivity index is 1.22. The molecule has 206 valence electrons. The number of carbonyl (C=O) groups excluding carboxylic acids is 1. The quantitative estimate of drug-likeness (QED) is 0.228. The third kappa shape index (κ3) is 7.94. The maximum Gasteiger partial charge on any atom is 0.305 e. The monoisotopic (exact) mass is 580 g/mol. The van der Waals surface area contributed by atoms with Crippen LogP contribution in [0, 0.1) is 0 Å². The number of rotatable bonds is 13. The minimum atomic E-state index is -0.176. The molecule has 4 N–H and O–H groups in total. The van der Waals surface area contributed by atoms with E-state index in [4.69, 9.17) is 27.9 Å². The van der Waals surface area contributed by atoms with Gasteiger partial charge in [0.05, 0.1) is 14.7 Å². The highest BCUT2D eigenvalue weighted by molar-refractivity contribution is 7.16. The minimum Gasteiger partial charge on any atom is -0.506 e. The summed E-state index contributed by atoms with van der Waals surface area (Å²) in [6.45, 7) is 4.75. The minimum absolute atomic E-state index is 0.0875. The second kappa shape index (κ2) is 14.3. The third-order valence-electron chi connectivity index (χ3n) is 6.78. The molecule has 1 aliphatic heterocycles. The summed E-state index contributed by atoms with van der Waals surface area (Å²) in [5.41, 5.74) is 2.61.